The maximum Gasteiger partial charge on any atom is 0.332 e. The highest BCUT2D eigenvalue weighted by molar-refractivity contribution is 5.75. The van der Waals surface area contributed by atoms with Crippen LogP contribution in [-0.4, -0.2) is 44.4 Å². The number of nitrogens with zero attached hydrogens (tertiary/aromatic N) is 5. The van der Waals surface area contributed by atoms with Crippen LogP contribution < -0.4 is 21.5 Å². The second kappa shape index (κ2) is 8.71. The molecule has 8 heteroatoms. The van der Waals surface area contributed by atoms with Gasteiger partial charge in [-0.2, -0.15) is 4.98 Å². The van der Waals surface area contributed by atoms with Gasteiger partial charge in [0.1, 0.15) is 0 Å². The molecule has 8 nitrogen and oxygen atoms in total. The van der Waals surface area contributed by atoms with Crippen molar-refractivity contribution in [3.05, 3.63) is 92.6 Å². The Morgan fingerprint density at radius 2 is 1.61 bits per heavy atom. The maximum absolute atomic E-state index is 13.2. The molecule has 0 spiro atoms. The molecule has 0 aliphatic carbocycles. The van der Waals surface area contributed by atoms with Crippen LogP contribution >= 0.6 is 0 Å². The van der Waals surface area contributed by atoms with Gasteiger partial charge in [0.15, 0.2) is 11.2 Å². The van der Waals surface area contributed by atoms with Crippen molar-refractivity contribution in [3.63, 3.8) is 0 Å². The predicted octanol–water partition coefficient (Wildman–Crippen LogP) is 1.50. The highest BCUT2D eigenvalue weighted by Gasteiger charge is 2.27. The van der Waals surface area contributed by atoms with E-state index in [0.29, 0.717) is 17.7 Å². The van der Waals surface area contributed by atoms with E-state index < -0.39 is 0 Å². The molecule has 4 aromatic rings. The lowest BCUT2D eigenvalue weighted by Gasteiger charge is -2.34. The zero-order valence-corrected chi connectivity index (χ0v) is 18.9. The molecular formula is C25H28N6O2. The summed E-state index contributed by atoms with van der Waals surface area (Å²) in [5.41, 5.74) is 2.55. The molecule has 0 radical (unpaired) electrons. The molecule has 1 aliphatic heterocycles. The van der Waals surface area contributed by atoms with Crippen molar-refractivity contribution >= 4 is 17.1 Å². The first-order chi connectivity index (χ1) is 16.0. The van der Waals surface area contributed by atoms with Gasteiger partial charge in [-0.3, -0.25) is 18.5 Å². The number of benzene rings is 2. The lowest BCUT2D eigenvalue weighted by Crippen LogP contribution is -2.52. The lowest BCUT2D eigenvalue weighted by atomic mass is 10.0. The van der Waals surface area contributed by atoms with Crippen LogP contribution in [-0.2, 0) is 27.1 Å². The van der Waals surface area contributed by atoms with E-state index in [1.54, 1.807) is 7.05 Å². The highest BCUT2D eigenvalue weighted by atomic mass is 16.2. The van der Waals surface area contributed by atoms with Gasteiger partial charge in [0.2, 0.25) is 5.95 Å². The zero-order valence-electron chi connectivity index (χ0n) is 18.9. The summed E-state index contributed by atoms with van der Waals surface area (Å²) < 4.78 is 4.59. The first-order valence-corrected chi connectivity index (χ1v) is 11.3. The van der Waals surface area contributed by atoms with E-state index in [4.69, 9.17) is 4.98 Å². The third-order valence-electron chi connectivity index (χ3n) is 6.37. The van der Waals surface area contributed by atoms with Crippen LogP contribution in [0.3, 0.4) is 0 Å². The minimum absolute atomic E-state index is 0.262. The summed E-state index contributed by atoms with van der Waals surface area (Å²) in [6.07, 6.45) is 0.913. The fourth-order valence-electron chi connectivity index (χ4n) is 4.63. The number of aromatic nitrogens is 4. The number of rotatable bonds is 5. The number of anilines is 1. The molecule has 1 N–H and O–H groups in total. The molecule has 33 heavy (non-hydrogen) atoms. The van der Waals surface area contributed by atoms with Crippen LogP contribution in [0, 0.1) is 0 Å². The summed E-state index contributed by atoms with van der Waals surface area (Å²) in [6, 6.07) is 20.7. The zero-order chi connectivity index (χ0) is 22.9. The number of hydrogen-bond acceptors (Lipinski definition) is 5. The quantitative estimate of drug-likeness (QED) is 0.505. The minimum Gasteiger partial charge on any atom is -0.339 e. The Kier molecular flexibility index (Phi) is 5.60. The number of hydrogen-bond donors (Lipinski definition) is 1. The van der Waals surface area contributed by atoms with Crippen molar-refractivity contribution in [2.75, 3.05) is 24.5 Å². The second-order valence-electron chi connectivity index (χ2n) is 8.65. The smallest absolute Gasteiger partial charge is 0.332 e. The Hall–Kier alpha value is -3.65. The third kappa shape index (κ3) is 3.98. The molecule has 170 valence electrons. The summed E-state index contributed by atoms with van der Waals surface area (Å²) in [6.45, 7) is 2.87. The van der Waals surface area contributed by atoms with Crippen LogP contribution in [0.5, 0.6) is 0 Å². The van der Waals surface area contributed by atoms with Gasteiger partial charge >= 0.3 is 5.69 Å². The molecule has 1 atom stereocenters. The molecule has 1 aliphatic rings. The van der Waals surface area contributed by atoms with Gasteiger partial charge in [0.25, 0.3) is 5.56 Å². The molecule has 0 bridgehead atoms. The Morgan fingerprint density at radius 1 is 0.939 bits per heavy atom. The van der Waals surface area contributed by atoms with Gasteiger partial charge in [0.05, 0.1) is 6.54 Å². The van der Waals surface area contributed by atoms with E-state index in [0.717, 1.165) is 42.1 Å². The first kappa shape index (κ1) is 21.2. The van der Waals surface area contributed by atoms with Gasteiger partial charge in [0, 0.05) is 39.8 Å². The van der Waals surface area contributed by atoms with E-state index >= 15 is 0 Å². The lowest BCUT2D eigenvalue weighted by molar-refractivity contribution is 0.447. The molecule has 1 saturated heterocycles. The standard InChI is InChI=1S/C25H28N6O2/c1-28-22-21(23(32)29(2)25(28)33)31(16-19-11-7-4-8-12-19)24(27-22)30-14-13-26-20(17-30)15-18-9-5-3-6-10-18/h3-12,20,26H,13-17H2,1-2H3. The van der Waals surface area contributed by atoms with Crippen molar-refractivity contribution in [3.8, 4) is 0 Å². The van der Waals surface area contributed by atoms with Gasteiger partial charge in [-0.25, -0.2) is 4.79 Å². The number of fused-ring (bicyclic) bond motifs is 1. The Morgan fingerprint density at radius 3 is 2.30 bits per heavy atom. The monoisotopic (exact) mass is 444 g/mol. The van der Waals surface area contributed by atoms with Gasteiger partial charge in [-0.05, 0) is 17.5 Å². The SMILES string of the molecule is Cn1c(=O)c2c(nc(N3CCNC(Cc4ccccc4)C3)n2Cc2ccccc2)n(C)c1=O. The second-order valence-corrected chi connectivity index (χ2v) is 8.65. The van der Waals surface area contributed by atoms with Crippen LogP contribution in [0.1, 0.15) is 11.1 Å². The molecule has 2 aromatic carbocycles. The van der Waals surface area contributed by atoms with Crippen LogP contribution in [0.25, 0.3) is 11.2 Å². The number of nitrogens with one attached hydrogen (secondary N) is 1. The van der Waals surface area contributed by atoms with E-state index in [1.165, 1.54) is 17.2 Å². The van der Waals surface area contributed by atoms with E-state index in [1.807, 2.05) is 41.0 Å². The highest BCUT2D eigenvalue weighted by Crippen LogP contribution is 2.23. The maximum atomic E-state index is 13.2. The predicted molar refractivity (Wildman–Crippen MR) is 130 cm³/mol. The van der Waals surface area contributed by atoms with Crippen molar-refractivity contribution in [1.82, 2.24) is 24.0 Å². The Balaban J connectivity index is 1.58. The summed E-state index contributed by atoms with van der Waals surface area (Å²) >= 11 is 0. The molecular weight excluding hydrogens is 416 g/mol. The van der Waals surface area contributed by atoms with Gasteiger partial charge in [-0.1, -0.05) is 60.7 Å². The van der Waals surface area contributed by atoms with E-state index in [9.17, 15) is 9.59 Å². The fourth-order valence-corrected chi connectivity index (χ4v) is 4.63. The molecule has 0 saturated carbocycles. The van der Waals surface area contributed by atoms with Crippen molar-refractivity contribution < 1.29 is 0 Å². The number of piperazine rings is 1. The molecule has 5 rings (SSSR count). The summed E-state index contributed by atoms with van der Waals surface area (Å²) in [5.74, 6) is 0.728. The van der Waals surface area contributed by atoms with Crippen molar-refractivity contribution in [2.45, 2.75) is 19.0 Å². The molecule has 1 fully saturated rings. The van der Waals surface area contributed by atoms with E-state index in [2.05, 4.69) is 34.5 Å². The summed E-state index contributed by atoms with van der Waals surface area (Å²) in [5, 5.41) is 3.61. The largest absolute Gasteiger partial charge is 0.339 e. The average Bonchev–Trinajstić information content (AvgIpc) is 3.22. The normalized spacial score (nSPS) is 16.4. The minimum atomic E-state index is -0.370. The molecule has 1 unspecified atom stereocenters. The molecule has 3 heterocycles. The molecule has 0 amide bonds. The Labute approximate surface area is 191 Å². The van der Waals surface area contributed by atoms with Crippen LogP contribution in [0.15, 0.2) is 70.3 Å². The number of imidazole rings is 1. The summed E-state index contributed by atoms with van der Waals surface area (Å²) in [4.78, 5) is 32.8. The van der Waals surface area contributed by atoms with Crippen LogP contribution in [0.2, 0.25) is 0 Å². The topological polar surface area (TPSA) is 77.1 Å². The van der Waals surface area contributed by atoms with Gasteiger partial charge in [-0.15, -0.1) is 0 Å². The van der Waals surface area contributed by atoms with E-state index in [-0.39, 0.29) is 17.3 Å². The summed E-state index contributed by atoms with van der Waals surface area (Å²) in [7, 11) is 3.19. The van der Waals surface area contributed by atoms with Crippen LogP contribution in [0.4, 0.5) is 5.95 Å². The first-order valence-electron chi connectivity index (χ1n) is 11.3. The van der Waals surface area contributed by atoms with Crippen molar-refractivity contribution in [1.29, 1.82) is 0 Å². The van der Waals surface area contributed by atoms with Gasteiger partial charge < -0.3 is 10.2 Å². The van der Waals surface area contributed by atoms with Crippen molar-refractivity contribution in [2.24, 2.45) is 14.1 Å². The average molecular weight is 445 g/mol. The fraction of sp³-hybridized carbons (Fsp3) is 0.320. The molecule has 2 aromatic heterocycles. The Bertz CT molecular complexity index is 1390. The third-order valence-corrected chi connectivity index (χ3v) is 6.37. The number of aryl methyl sites for hydroxylation is 1.